The first-order valence-electron chi connectivity index (χ1n) is 7.11. The normalized spacial score (nSPS) is 12.7. The number of aryl methyl sites for hydroxylation is 1. The van der Waals surface area contributed by atoms with Gasteiger partial charge in [0.1, 0.15) is 0 Å². The highest BCUT2D eigenvalue weighted by atomic mass is 32.2. The molecule has 0 heterocycles. The van der Waals surface area contributed by atoms with Crippen LogP contribution in [0.3, 0.4) is 0 Å². The van der Waals surface area contributed by atoms with E-state index in [9.17, 15) is 13.2 Å². The molecule has 5 nitrogen and oxygen atoms in total. The van der Waals surface area contributed by atoms with Crippen molar-refractivity contribution < 1.29 is 17.9 Å². The van der Waals surface area contributed by atoms with Gasteiger partial charge < -0.3 is 4.74 Å². The smallest absolute Gasteiger partial charge is 0.337 e. The molecule has 0 amide bonds. The summed E-state index contributed by atoms with van der Waals surface area (Å²) in [4.78, 5) is 11.5. The van der Waals surface area contributed by atoms with Crippen LogP contribution in [0.2, 0.25) is 0 Å². The van der Waals surface area contributed by atoms with E-state index in [0.29, 0.717) is 5.56 Å². The first-order chi connectivity index (χ1) is 10.8. The minimum atomic E-state index is -3.68. The maximum Gasteiger partial charge on any atom is 0.337 e. The predicted molar refractivity (Wildman–Crippen MR) is 87.7 cm³/mol. The van der Waals surface area contributed by atoms with Crippen LogP contribution >= 0.6 is 0 Å². The van der Waals surface area contributed by atoms with Crippen molar-refractivity contribution >= 4 is 16.0 Å². The summed E-state index contributed by atoms with van der Waals surface area (Å²) < 4.78 is 32.1. The van der Waals surface area contributed by atoms with E-state index in [1.807, 2.05) is 31.2 Å². The Morgan fingerprint density at radius 3 is 2.26 bits per heavy atom. The first kappa shape index (κ1) is 17.2. The van der Waals surface area contributed by atoms with Gasteiger partial charge in [-0.3, -0.25) is 0 Å². The molecule has 0 saturated heterocycles. The Kier molecular flexibility index (Phi) is 5.18. The Morgan fingerprint density at radius 1 is 1.09 bits per heavy atom. The van der Waals surface area contributed by atoms with Crippen molar-refractivity contribution in [1.82, 2.24) is 4.72 Å². The predicted octanol–water partition coefficient (Wildman–Crippen LogP) is 2.82. The average Bonchev–Trinajstić information content (AvgIpc) is 2.54. The Hall–Kier alpha value is -2.18. The van der Waals surface area contributed by atoms with Gasteiger partial charge >= 0.3 is 5.97 Å². The summed E-state index contributed by atoms with van der Waals surface area (Å²) >= 11 is 0. The fraction of sp³-hybridized carbons (Fsp3) is 0.235. The molecule has 6 heteroatoms. The summed E-state index contributed by atoms with van der Waals surface area (Å²) in [5.41, 5.74) is 2.24. The van der Waals surface area contributed by atoms with Gasteiger partial charge in [-0.25, -0.2) is 17.9 Å². The van der Waals surface area contributed by atoms with Crippen molar-refractivity contribution in [2.75, 3.05) is 7.11 Å². The van der Waals surface area contributed by atoms with E-state index in [1.165, 1.54) is 31.4 Å². The molecule has 0 fully saturated rings. The van der Waals surface area contributed by atoms with Crippen molar-refractivity contribution in [3.05, 3.63) is 65.2 Å². The molecular formula is C17H19NO4S. The average molecular weight is 333 g/mol. The minimum absolute atomic E-state index is 0.102. The highest BCUT2D eigenvalue weighted by Gasteiger charge is 2.19. The molecule has 0 aliphatic carbocycles. The van der Waals surface area contributed by atoms with Crippen LogP contribution in [0.15, 0.2) is 53.4 Å². The number of carbonyl (C=O) groups excluding carboxylic acids is 1. The lowest BCUT2D eigenvalue weighted by atomic mass is 10.0. The van der Waals surface area contributed by atoms with Crippen molar-refractivity contribution in [2.24, 2.45) is 0 Å². The van der Waals surface area contributed by atoms with Gasteiger partial charge in [0.05, 0.1) is 17.6 Å². The van der Waals surface area contributed by atoms with E-state index >= 15 is 0 Å². The van der Waals surface area contributed by atoms with E-state index in [4.69, 9.17) is 0 Å². The zero-order valence-corrected chi connectivity index (χ0v) is 14.1. The topological polar surface area (TPSA) is 72.5 Å². The summed E-state index contributed by atoms with van der Waals surface area (Å²) in [6.45, 7) is 3.73. The largest absolute Gasteiger partial charge is 0.465 e. The zero-order valence-electron chi connectivity index (χ0n) is 13.2. The van der Waals surface area contributed by atoms with E-state index in [-0.39, 0.29) is 10.9 Å². The molecule has 0 saturated carbocycles. The van der Waals surface area contributed by atoms with E-state index < -0.39 is 16.0 Å². The summed E-state index contributed by atoms with van der Waals surface area (Å²) in [7, 11) is -2.40. The summed E-state index contributed by atoms with van der Waals surface area (Å²) in [5.74, 6) is -0.504. The number of carbonyl (C=O) groups is 1. The molecule has 0 bridgehead atoms. The SMILES string of the molecule is COC(=O)c1ccc(S(=O)(=O)NC(C)c2ccccc2C)cc1. The molecule has 0 aromatic heterocycles. The summed E-state index contributed by atoms with van der Waals surface area (Å²) in [6, 6.07) is 12.9. The molecule has 1 N–H and O–H groups in total. The first-order valence-corrected chi connectivity index (χ1v) is 8.59. The summed E-state index contributed by atoms with van der Waals surface area (Å²) in [6.07, 6.45) is 0. The quantitative estimate of drug-likeness (QED) is 0.854. The van der Waals surface area contributed by atoms with Crippen LogP contribution < -0.4 is 4.72 Å². The van der Waals surface area contributed by atoms with Crippen molar-refractivity contribution in [1.29, 1.82) is 0 Å². The number of methoxy groups -OCH3 is 1. The Balaban J connectivity index is 2.22. The van der Waals surface area contributed by atoms with Crippen LogP contribution in [0, 0.1) is 6.92 Å². The second kappa shape index (κ2) is 6.93. The maximum atomic E-state index is 12.5. The number of rotatable bonds is 5. The third-order valence-corrected chi connectivity index (χ3v) is 5.13. The highest BCUT2D eigenvalue weighted by molar-refractivity contribution is 7.89. The fourth-order valence-electron chi connectivity index (χ4n) is 2.32. The Labute approximate surface area is 136 Å². The molecule has 1 atom stereocenters. The summed E-state index contributed by atoms with van der Waals surface area (Å²) in [5, 5.41) is 0. The molecular weight excluding hydrogens is 314 g/mol. The van der Waals surface area contributed by atoms with Gasteiger partial charge in [-0.2, -0.15) is 0 Å². The van der Waals surface area contributed by atoms with Gasteiger partial charge in [-0.05, 0) is 49.2 Å². The van der Waals surface area contributed by atoms with E-state index in [1.54, 1.807) is 6.92 Å². The van der Waals surface area contributed by atoms with Gasteiger partial charge in [0.15, 0.2) is 0 Å². The van der Waals surface area contributed by atoms with E-state index in [2.05, 4.69) is 9.46 Å². The second-order valence-electron chi connectivity index (χ2n) is 5.22. The molecule has 2 aromatic carbocycles. The van der Waals surface area contributed by atoms with Crippen molar-refractivity contribution in [3.63, 3.8) is 0 Å². The molecule has 0 aliphatic heterocycles. The molecule has 122 valence electrons. The maximum absolute atomic E-state index is 12.5. The number of hydrogen-bond donors (Lipinski definition) is 1. The number of esters is 1. The zero-order chi connectivity index (χ0) is 17.0. The van der Waals surface area contributed by atoms with Crippen LogP contribution in [0.4, 0.5) is 0 Å². The van der Waals surface area contributed by atoms with Crippen LogP contribution in [-0.4, -0.2) is 21.5 Å². The highest BCUT2D eigenvalue weighted by Crippen LogP contribution is 2.20. The molecule has 2 rings (SSSR count). The van der Waals surface area contributed by atoms with Crippen LogP contribution in [0.25, 0.3) is 0 Å². The lowest BCUT2D eigenvalue weighted by molar-refractivity contribution is 0.0600. The van der Waals surface area contributed by atoms with E-state index in [0.717, 1.165) is 11.1 Å². The molecule has 0 spiro atoms. The lowest BCUT2D eigenvalue weighted by Gasteiger charge is -2.16. The molecule has 2 aromatic rings. The van der Waals surface area contributed by atoms with Gasteiger partial charge in [0.2, 0.25) is 10.0 Å². The van der Waals surface area contributed by atoms with Crippen LogP contribution in [0.5, 0.6) is 0 Å². The third-order valence-electron chi connectivity index (χ3n) is 3.57. The van der Waals surface area contributed by atoms with Gasteiger partial charge in [0, 0.05) is 6.04 Å². The number of sulfonamides is 1. The van der Waals surface area contributed by atoms with Crippen molar-refractivity contribution in [2.45, 2.75) is 24.8 Å². The molecule has 0 aliphatic rings. The minimum Gasteiger partial charge on any atom is -0.465 e. The van der Waals surface area contributed by atoms with Crippen molar-refractivity contribution in [3.8, 4) is 0 Å². The van der Waals surface area contributed by atoms with Crippen LogP contribution in [0.1, 0.15) is 34.5 Å². The molecule has 1 unspecified atom stereocenters. The Bertz CT molecular complexity index is 798. The third kappa shape index (κ3) is 3.97. The molecule has 0 radical (unpaired) electrons. The monoisotopic (exact) mass is 333 g/mol. The second-order valence-corrected chi connectivity index (χ2v) is 6.93. The number of ether oxygens (including phenoxy) is 1. The van der Waals surface area contributed by atoms with Gasteiger partial charge in [-0.15, -0.1) is 0 Å². The van der Waals surface area contributed by atoms with Gasteiger partial charge in [-0.1, -0.05) is 24.3 Å². The standard InChI is InChI=1S/C17H19NO4S/c1-12-6-4-5-7-16(12)13(2)18-23(20,21)15-10-8-14(9-11-15)17(19)22-3/h4-11,13,18H,1-3H3. The van der Waals surface area contributed by atoms with Crippen LogP contribution in [-0.2, 0) is 14.8 Å². The number of benzene rings is 2. The lowest BCUT2D eigenvalue weighted by Crippen LogP contribution is -2.27. The number of hydrogen-bond acceptors (Lipinski definition) is 4. The Morgan fingerprint density at radius 2 is 1.70 bits per heavy atom. The molecule has 23 heavy (non-hydrogen) atoms. The fourth-order valence-corrected chi connectivity index (χ4v) is 3.55. The number of nitrogens with one attached hydrogen (secondary N) is 1. The van der Waals surface area contributed by atoms with Gasteiger partial charge in [0.25, 0.3) is 0 Å².